The molecule has 4 unspecified atom stereocenters. The van der Waals surface area contributed by atoms with Crippen molar-refractivity contribution in [2.75, 3.05) is 6.61 Å². The second kappa shape index (κ2) is 10.2. The second-order valence-corrected chi connectivity index (χ2v) is 10.6. The van der Waals surface area contributed by atoms with Gasteiger partial charge in [0.25, 0.3) is 0 Å². The molecule has 2 aliphatic rings. The number of carbonyl (C=O) groups is 3. The highest BCUT2D eigenvalue weighted by Crippen LogP contribution is 2.54. The summed E-state index contributed by atoms with van der Waals surface area (Å²) in [6.07, 6.45) is 1.56. The fourth-order valence-electron chi connectivity index (χ4n) is 5.36. The molecule has 1 N–H and O–H groups in total. The van der Waals surface area contributed by atoms with Gasteiger partial charge in [0.2, 0.25) is 5.91 Å². The van der Waals surface area contributed by atoms with E-state index in [1.54, 1.807) is 36.9 Å². The number of ether oxygens (including phenoxy) is 1. The largest absolute Gasteiger partial charge is 0.481 e. The van der Waals surface area contributed by atoms with Crippen LogP contribution < -0.4 is 0 Å². The molecule has 0 aromatic heterocycles. The van der Waals surface area contributed by atoms with E-state index in [2.05, 4.69) is 0 Å². The van der Waals surface area contributed by atoms with Gasteiger partial charge in [-0.2, -0.15) is 0 Å². The van der Waals surface area contributed by atoms with Crippen LogP contribution in [0.1, 0.15) is 62.6 Å². The van der Waals surface area contributed by atoms with Crippen molar-refractivity contribution in [1.29, 1.82) is 0 Å². The van der Waals surface area contributed by atoms with Crippen molar-refractivity contribution in [2.24, 2.45) is 11.3 Å². The van der Waals surface area contributed by atoms with Crippen molar-refractivity contribution >= 4 is 41.0 Å². The molecule has 1 aliphatic heterocycles. The lowest BCUT2D eigenvalue weighted by Crippen LogP contribution is -2.59. The zero-order chi connectivity index (χ0) is 25.3. The SMILES string of the molecule is CCOC(=O)C(C1CC1)N1C(=O)C(C)(CC(=O)O)CC(c2cccc(Cl)c2)C1c1ccc(Cl)cc1. The number of carbonyl (C=O) groups excluding carboxylic acids is 2. The Bertz CT molecular complexity index is 1120. The summed E-state index contributed by atoms with van der Waals surface area (Å²) in [6, 6.07) is 13.3. The first kappa shape index (κ1) is 25.5. The molecule has 2 aromatic carbocycles. The van der Waals surface area contributed by atoms with Gasteiger partial charge < -0.3 is 14.7 Å². The Morgan fingerprint density at radius 2 is 1.80 bits per heavy atom. The first-order valence-corrected chi connectivity index (χ1v) is 12.6. The highest BCUT2D eigenvalue weighted by atomic mass is 35.5. The van der Waals surface area contributed by atoms with Crippen LogP contribution in [0.5, 0.6) is 0 Å². The molecule has 1 heterocycles. The van der Waals surface area contributed by atoms with E-state index in [1.165, 1.54) is 0 Å². The van der Waals surface area contributed by atoms with Gasteiger partial charge in [-0.25, -0.2) is 4.79 Å². The van der Waals surface area contributed by atoms with Crippen LogP contribution in [0.2, 0.25) is 10.0 Å². The zero-order valence-corrected chi connectivity index (χ0v) is 21.3. The lowest BCUT2D eigenvalue weighted by molar-refractivity contribution is -0.170. The van der Waals surface area contributed by atoms with Crippen molar-refractivity contribution in [2.45, 2.75) is 57.5 Å². The van der Waals surface area contributed by atoms with Crippen LogP contribution in [0, 0.1) is 11.3 Å². The van der Waals surface area contributed by atoms with Gasteiger partial charge in [0, 0.05) is 16.0 Å². The van der Waals surface area contributed by atoms with Gasteiger partial charge in [-0.3, -0.25) is 9.59 Å². The zero-order valence-electron chi connectivity index (χ0n) is 19.7. The van der Waals surface area contributed by atoms with Crippen molar-refractivity contribution in [3.05, 3.63) is 69.7 Å². The number of hydrogen-bond donors (Lipinski definition) is 1. The minimum atomic E-state index is -1.21. The van der Waals surface area contributed by atoms with Gasteiger partial charge in [0.15, 0.2) is 0 Å². The van der Waals surface area contributed by atoms with E-state index in [0.717, 1.165) is 24.0 Å². The first-order chi connectivity index (χ1) is 16.6. The third-order valence-electron chi connectivity index (χ3n) is 7.03. The number of amides is 1. The summed E-state index contributed by atoms with van der Waals surface area (Å²) < 4.78 is 5.43. The Labute approximate surface area is 215 Å². The summed E-state index contributed by atoms with van der Waals surface area (Å²) in [7, 11) is 0. The molecular formula is C27H29Cl2NO5. The maximum atomic E-state index is 14.2. The molecule has 1 saturated carbocycles. The van der Waals surface area contributed by atoms with Crippen LogP contribution in [-0.4, -0.2) is 40.5 Å². The molecule has 0 spiro atoms. The average Bonchev–Trinajstić information content (AvgIpc) is 3.62. The number of halogens is 2. The predicted molar refractivity (Wildman–Crippen MR) is 133 cm³/mol. The second-order valence-electron chi connectivity index (χ2n) is 9.74. The van der Waals surface area contributed by atoms with Crippen molar-refractivity contribution in [3.8, 4) is 0 Å². The minimum Gasteiger partial charge on any atom is -0.481 e. The Kier molecular flexibility index (Phi) is 7.43. The van der Waals surface area contributed by atoms with Crippen LogP contribution in [0.25, 0.3) is 0 Å². The van der Waals surface area contributed by atoms with Crippen LogP contribution in [0.3, 0.4) is 0 Å². The molecule has 4 rings (SSSR count). The summed E-state index contributed by atoms with van der Waals surface area (Å²) in [5.74, 6) is -2.18. The van der Waals surface area contributed by atoms with E-state index in [4.69, 9.17) is 27.9 Å². The van der Waals surface area contributed by atoms with E-state index < -0.39 is 29.4 Å². The van der Waals surface area contributed by atoms with Crippen LogP contribution in [-0.2, 0) is 19.1 Å². The molecule has 4 atom stereocenters. The van der Waals surface area contributed by atoms with Gasteiger partial charge in [0.1, 0.15) is 6.04 Å². The van der Waals surface area contributed by atoms with E-state index in [0.29, 0.717) is 16.5 Å². The summed E-state index contributed by atoms with van der Waals surface area (Å²) in [5, 5.41) is 10.8. The van der Waals surface area contributed by atoms with Gasteiger partial charge in [-0.15, -0.1) is 0 Å². The van der Waals surface area contributed by atoms with Gasteiger partial charge >= 0.3 is 11.9 Å². The number of nitrogens with zero attached hydrogens (tertiary/aromatic N) is 1. The number of hydrogen-bond acceptors (Lipinski definition) is 4. The molecule has 2 fully saturated rings. The number of carboxylic acid groups (broad SMARTS) is 1. The molecule has 6 nitrogen and oxygen atoms in total. The molecule has 0 bridgehead atoms. The Morgan fingerprint density at radius 3 is 2.37 bits per heavy atom. The third-order valence-corrected chi connectivity index (χ3v) is 7.52. The number of aliphatic carboxylic acids is 1. The maximum Gasteiger partial charge on any atom is 0.329 e. The molecule has 1 saturated heterocycles. The lowest BCUT2D eigenvalue weighted by Gasteiger charge is -2.51. The minimum absolute atomic E-state index is 0.0278. The lowest BCUT2D eigenvalue weighted by atomic mass is 9.67. The fourth-order valence-corrected chi connectivity index (χ4v) is 5.68. The average molecular weight is 518 g/mol. The van der Waals surface area contributed by atoms with E-state index in [-0.39, 0.29) is 30.8 Å². The molecular weight excluding hydrogens is 489 g/mol. The number of likely N-dealkylation sites (tertiary alicyclic amines) is 1. The molecule has 186 valence electrons. The third kappa shape index (κ3) is 5.34. The first-order valence-electron chi connectivity index (χ1n) is 11.9. The summed E-state index contributed by atoms with van der Waals surface area (Å²) >= 11 is 12.5. The van der Waals surface area contributed by atoms with E-state index >= 15 is 0 Å². The summed E-state index contributed by atoms with van der Waals surface area (Å²) in [6.45, 7) is 3.61. The number of carboxylic acids is 1. The van der Waals surface area contributed by atoms with Crippen molar-refractivity contribution < 1.29 is 24.2 Å². The number of benzene rings is 2. The van der Waals surface area contributed by atoms with Crippen LogP contribution >= 0.6 is 23.2 Å². The monoisotopic (exact) mass is 517 g/mol. The summed E-state index contributed by atoms with van der Waals surface area (Å²) in [4.78, 5) is 40.9. The maximum absolute atomic E-state index is 14.2. The molecule has 8 heteroatoms. The molecule has 2 aromatic rings. The predicted octanol–water partition coefficient (Wildman–Crippen LogP) is 5.87. The highest BCUT2D eigenvalue weighted by molar-refractivity contribution is 6.30. The van der Waals surface area contributed by atoms with Gasteiger partial charge in [-0.05, 0) is 67.5 Å². The normalized spacial score (nSPS) is 25.3. The van der Waals surface area contributed by atoms with Crippen molar-refractivity contribution in [1.82, 2.24) is 4.90 Å². The Morgan fingerprint density at radius 1 is 1.11 bits per heavy atom. The smallest absolute Gasteiger partial charge is 0.329 e. The summed E-state index contributed by atoms with van der Waals surface area (Å²) in [5.41, 5.74) is 0.492. The highest BCUT2D eigenvalue weighted by Gasteiger charge is 2.56. The molecule has 1 aliphatic carbocycles. The van der Waals surface area contributed by atoms with Crippen LogP contribution in [0.4, 0.5) is 0 Å². The van der Waals surface area contributed by atoms with E-state index in [1.807, 2.05) is 30.3 Å². The number of esters is 1. The molecule has 0 radical (unpaired) electrons. The van der Waals surface area contributed by atoms with Crippen LogP contribution in [0.15, 0.2) is 48.5 Å². The fraction of sp³-hybridized carbons (Fsp3) is 0.444. The quantitative estimate of drug-likeness (QED) is 0.442. The number of rotatable bonds is 8. The Balaban J connectivity index is 1.92. The van der Waals surface area contributed by atoms with Gasteiger partial charge in [-0.1, -0.05) is 54.4 Å². The molecule has 35 heavy (non-hydrogen) atoms. The Hall–Kier alpha value is -2.57. The van der Waals surface area contributed by atoms with Crippen molar-refractivity contribution in [3.63, 3.8) is 0 Å². The van der Waals surface area contributed by atoms with Gasteiger partial charge in [0.05, 0.1) is 24.5 Å². The van der Waals surface area contributed by atoms with E-state index in [9.17, 15) is 19.5 Å². The number of piperidine rings is 1. The topological polar surface area (TPSA) is 83.9 Å². The standard InChI is InChI=1S/C27H29Cl2NO5/c1-3-35-25(33)24(17-7-8-17)30-23(16-9-11-19(28)12-10-16)21(18-5-4-6-20(29)13-18)14-27(2,26(30)34)15-22(31)32/h4-6,9-13,17,21,23-24H,3,7-8,14-15H2,1-2H3,(H,31,32). The molecule has 1 amide bonds.